The van der Waals surface area contributed by atoms with Crippen LogP contribution in [-0.2, 0) is 9.59 Å². The van der Waals surface area contributed by atoms with Gasteiger partial charge in [0.2, 0.25) is 5.91 Å². The monoisotopic (exact) mass is 317 g/mol. The number of nitrogens with one attached hydrogen (secondary N) is 1. The number of rotatable bonds is 8. The topological polar surface area (TPSA) is 122 Å². The summed E-state index contributed by atoms with van der Waals surface area (Å²) in [6, 6.07) is 7.27. The number of hydrogen-bond donors (Lipinski definition) is 2. The van der Waals surface area contributed by atoms with Crippen LogP contribution in [0.4, 0.5) is 0 Å². The van der Waals surface area contributed by atoms with Crippen LogP contribution in [0.25, 0.3) is 0 Å². The first-order valence-corrected chi connectivity index (χ1v) is 7.19. The van der Waals surface area contributed by atoms with Gasteiger partial charge in [-0.05, 0) is 37.5 Å². The Kier molecular flexibility index (Phi) is 7.27. The molecule has 0 aliphatic heterocycles. The smallest absolute Gasteiger partial charge is 0.308 e. The Balaban J connectivity index is 2.69. The number of esters is 1. The van der Waals surface area contributed by atoms with Crippen molar-refractivity contribution >= 4 is 17.8 Å². The highest BCUT2D eigenvalue weighted by Crippen LogP contribution is 2.14. The van der Waals surface area contributed by atoms with Crippen LogP contribution >= 0.6 is 0 Å². The molecule has 7 heteroatoms. The summed E-state index contributed by atoms with van der Waals surface area (Å²) in [7, 11) is 0. The van der Waals surface area contributed by atoms with Gasteiger partial charge in [0.1, 0.15) is 11.8 Å². The van der Waals surface area contributed by atoms with Gasteiger partial charge in [-0.2, -0.15) is 5.26 Å². The lowest BCUT2D eigenvalue weighted by atomic mass is 10.1. The third kappa shape index (κ3) is 6.61. The van der Waals surface area contributed by atoms with E-state index in [0.717, 1.165) is 0 Å². The van der Waals surface area contributed by atoms with Crippen molar-refractivity contribution < 1.29 is 19.1 Å². The van der Waals surface area contributed by atoms with Crippen LogP contribution in [0.5, 0.6) is 5.75 Å². The molecule has 0 heterocycles. The van der Waals surface area contributed by atoms with E-state index < -0.39 is 23.8 Å². The van der Waals surface area contributed by atoms with Crippen LogP contribution in [0.2, 0.25) is 0 Å². The summed E-state index contributed by atoms with van der Waals surface area (Å²) < 4.78 is 4.91. The molecule has 0 aromatic heterocycles. The maximum atomic E-state index is 12.2. The number of nitrogens with two attached hydrogens (primary N) is 1. The quantitative estimate of drug-likeness (QED) is 0.425. The van der Waals surface area contributed by atoms with E-state index >= 15 is 0 Å². The molecule has 2 amide bonds. The lowest BCUT2D eigenvalue weighted by Gasteiger charge is -2.15. The summed E-state index contributed by atoms with van der Waals surface area (Å²) in [4.78, 5) is 34.5. The second kappa shape index (κ2) is 9.20. The Morgan fingerprint density at radius 2 is 2.09 bits per heavy atom. The van der Waals surface area contributed by atoms with E-state index in [1.54, 1.807) is 12.1 Å². The number of nitriles is 1. The van der Waals surface area contributed by atoms with Gasteiger partial charge in [-0.1, -0.05) is 6.07 Å². The van der Waals surface area contributed by atoms with Crippen LogP contribution < -0.4 is 15.8 Å². The maximum Gasteiger partial charge on any atom is 0.308 e. The van der Waals surface area contributed by atoms with Crippen LogP contribution in [0.1, 0.15) is 43.0 Å². The van der Waals surface area contributed by atoms with Crippen molar-refractivity contribution in [2.75, 3.05) is 0 Å². The van der Waals surface area contributed by atoms with Crippen molar-refractivity contribution in [3.8, 4) is 11.8 Å². The minimum atomic E-state index is -0.807. The van der Waals surface area contributed by atoms with Crippen molar-refractivity contribution in [2.45, 2.75) is 38.6 Å². The van der Waals surface area contributed by atoms with Gasteiger partial charge in [0, 0.05) is 18.9 Å². The molecule has 1 aromatic rings. The average molecular weight is 317 g/mol. The van der Waals surface area contributed by atoms with Crippen molar-refractivity contribution in [1.82, 2.24) is 5.32 Å². The molecule has 3 N–H and O–H groups in total. The molecule has 7 nitrogen and oxygen atoms in total. The fraction of sp³-hybridized carbons (Fsp3) is 0.375. The SMILES string of the molecule is CC(=O)Oc1cccc(C(=O)N[C@H](CCCCC#N)C(N)=O)c1. The Labute approximate surface area is 134 Å². The second-order valence-electron chi connectivity index (χ2n) is 4.95. The summed E-state index contributed by atoms with van der Waals surface area (Å²) in [5.74, 6) is -1.36. The van der Waals surface area contributed by atoms with Gasteiger partial charge >= 0.3 is 5.97 Å². The predicted molar refractivity (Wildman–Crippen MR) is 82.3 cm³/mol. The standard InChI is InChI=1S/C16H19N3O4/c1-11(20)23-13-7-5-6-12(10-13)16(22)19-14(15(18)21)8-3-2-4-9-17/h5-7,10,14H,2-4,8H2,1H3,(H2,18,21)(H,19,22)/t14-/m1/s1. The molecule has 23 heavy (non-hydrogen) atoms. The zero-order valence-corrected chi connectivity index (χ0v) is 12.9. The van der Waals surface area contributed by atoms with Crippen molar-refractivity contribution in [3.63, 3.8) is 0 Å². The van der Waals surface area contributed by atoms with Crippen LogP contribution in [0.15, 0.2) is 24.3 Å². The molecule has 122 valence electrons. The molecule has 0 radical (unpaired) electrons. The normalized spacial score (nSPS) is 11.1. The van der Waals surface area contributed by atoms with Gasteiger partial charge in [0.25, 0.3) is 5.91 Å². The van der Waals surface area contributed by atoms with Gasteiger partial charge < -0.3 is 15.8 Å². The number of ether oxygens (including phenoxy) is 1. The number of amides is 2. The first kappa shape index (κ1) is 18.2. The minimum Gasteiger partial charge on any atom is -0.427 e. The number of hydrogen-bond acceptors (Lipinski definition) is 5. The molecular weight excluding hydrogens is 298 g/mol. The predicted octanol–water partition coefficient (Wildman–Crippen LogP) is 1.28. The summed E-state index contributed by atoms with van der Waals surface area (Å²) in [5, 5.41) is 11.0. The maximum absolute atomic E-state index is 12.2. The van der Waals surface area contributed by atoms with Crippen LogP contribution in [0.3, 0.4) is 0 Å². The number of carbonyl (C=O) groups is 3. The summed E-state index contributed by atoms with van der Waals surface area (Å²) >= 11 is 0. The molecule has 1 atom stereocenters. The molecule has 0 saturated heterocycles. The van der Waals surface area contributed by atoms with E-state index in [1.807, 2.05) is 6.07 Å². The molecular formula is C16H19N3O4. The molecule has 1 rings (SSSR count). The first-order valence-electron chi connectivity index (χ1n) is 7.19. The molecule has 0 unspecified atom stereocenters. The molecule has 0 spiro atoms. The minimum absolute atomic E-state index is 0.245. The van der Waals surface area contributed by atoms with E-state index in [1.165, 1.54) is 19.1 Å². The first-order chi connectivity index (χ1) is 10.9. The Bertz CT molecular complexity index is 622. The highest BCUT2D eigenvalue weighted by Gasteiger charge is 2.18. The summed E-state index contributed by atoms with van der Waals surface area (Å²) in [6.07, 6.45) is 2.00. The Morgan fingerprint density at radius 1 is 1.35 bits per heavy atom. The summed E-state index contributed by atoms with van der Waals surface area (Å²) in [6.45, 7) is 1.26. The molecule has 0 fully saturated rings. The van der Waals surface area contributed by atoms with Crippen molar-refractivity contribution in [2.24, 2.45) is 5.73 Å². The van der Waals surface area contributed by atoms with Crippen molar-refractivity contribution in [3.05, 3.63) is 29.8 Å². The molecule has 0 aliphatic carbocycles. The zero-order valence-electron chi connectivity index (χ0n) is 12.9. The fourth-order valence-electron chi connectivity index (χ4n) is 1.95. The van der Waals surface area contributed by atoms with E-state index in [0.29, 0.717) is 25.7 Å². The lowest BCUT2D eigenvalue weighted by molar-refractivity contribution is -0.131. The van der Waals surface area contributed by atoms with Gasteiger partial charge in [0.05, 0.1) is 6.07 Å². The third-order valence-corrected chi connectivity index (χ3v) is 3.04. The Hall–Kier alpha value is -2.88. The number of nitrogens with zero attached hydrogens (tertiary/aromatic N) is 1. The van der Waals surface area contributed by atoms with E-state index in [9.17, 15) is 14.4 Å². The van der Waals surface area contributed by atoms with Gasteiger partial charge in [-0.25, -0.2) is 0 Å². The highest BCUT2D eigenvalue weighted by molar-refractivity contribution is 5.97. The van der Waals surface area contributed by atoms with Crippen molar-refractivity contribution in [1.29, 1.82) is 5.26 Å². The van der Waals surface area contributed by atoms with E-state index in [-0.39, 0.29) is 11.3 Å². The molecule has 0 aliphatic rings. The van der Waals surface area contributed by atoms with E-state index in [4.69, 9.17) is 15.7 Å². The molecule has 0 saturated carbocycles. The van der Waals surface area contributed by atoms with Gasteiger partial charge in [-0.15, -0.1) is 0 Å². The summed E-state index contributed by atoms with van der Waals surface area (Å²) in [5.41, 5.74) is 5.54. The van der Waals surface area contributed by atoms with Gasteiger partial charge in [-0.3, -0.25) is 14.4 Å². The fourth-order valence-corrected chi connectivity index (χ4v) is 1.95. The molecule has 1 aromatic carbocycles. The highest BCUT2D eigenvalue weighted by atomic mass is 16.5. The second-order valence-corrected chi connectivity index (χ2v) is 4.95. The largest absolute Gasteiger partial charge is 0.427 e. The lowest BCUT2D eigenvalue weighted by Crippen LogP contribution is -2.44. The van der Waals surface area contributed by atoms with E-state index in [2.05, 4.69) is 5.32 Å². The van der Waals surface area contributed by atoms with Gasteiger partial charge in [0.15, 0.2) is 0 Å². The van der Waals surface area contributed by atoms with Crippen LogP contribution in [-0.4, -0.2) is 23.8 Å². The number of unbranched alkanes of at least 4 members (excludes halogenated alkanes) is 2. The Morgan fingerprint density at radius 3 is 2.70 bits per heavy atom. The number of carbonyl (C=O) groups excluding carboxylic acids is 3. The number of benzene rings is 1. The molecule has 0 bridgehead atoms. The third-order valence-electron chi connectivity index (χ3n) is 3.04. The average Bonchev–Trinajstić information content (AvgIpc) is 2.49. The van der Waals surface area contributed by atoms with Crippen LogP contribution in [0, 0.1) is 11.3 Å². The number of primary amides is 1. The zero-order chi connectivity index (χ0) is 17.2.